The van der Waals surface area contributed by atoms with Crippen molar-refractivity contribution in [3.63, 3.8) is 0 Å². The third kappa shape index (κ3) is 6.01. The number of nitrogens with one attached hydrogen (secondary N) is 8. The highest BCUT2D eigenvalue weighted by atomic mass is 16.5. The Morgan fingerprint density at radius 1 is 0.434 bits per heavy atom. The van der Waals surface area contributed by atoms with Crippen LogP contribution in [0.1, 0.15) is 107 Å². The van der Waals surface area contributed by atoms with E-state index in [1.165, 1.54) is 77.0 Å². The number of fused-ring (bicyclic) bond motifs is 21. The summed E-state index contributed by atoms with van der Waals surface area (Å²) in [5.41, 5.74) is 0.678. The van der Waals surface area contributed by atoms with Crippen LogP contribution in [0, 0.1) is 47.3 Å². The van der Waals surface area contributed by atoms with E-state index >= 15 is 0 Å². The van der Waals surface area contributed by atoms with Crippen molar-refractivity contribution in [2.75, 3.05) is 0 Å². The average molecular weight is 723 g/mol. The van der Waals surface area contributed by atoms with Gasteiger partial charge in [0.1, 0.15) is 6.10 Å². The summed E-state index contributed by atoms with van der Waals surface area (Å²) in [5, 5.41) is 35.8. The van der Waals surface area contributed by atoms with Crippen molar-refractivity contribution < 1.29 is 9.53 Å². The smallest absolute Gasteiger partial charge is 0.339 e. The molecule has 10 nitrogen and oxygen atoms in total. The number of ether oxygens (including phenoxy) is 1. The Bertz CT molecular complexity index is 1650. The largest absolute Gasteiger partial charge is 0.458 e. The highest BCUT2D eigenvalue weighted by molar-refractivity contribution is 6.04. The summed E-state index contributed by atoms with van der Waals surface area (Å²) in [4.78, 5) is 14.1. The van der Waals surface area contributed by atoms with Crippen LogP contribution in [-0.2, 0) is 4.74 Å². The molecule has 11 rings (SSSR count). The fourth-order valence-corrected chi connectivity index (χ4v) is 13.7. The zero-order valence-electron chi connectivity index (χ0n) is 31.3. The van der Waals surface area contributed by atoms with Crippen LogP contribution in [0.15, 0.2) is 42.5 Å². The van der Waals surface area contributed by atoms with E-state index in [0.717, 1.165) is 30.0 Å². The van der Waals surface area contributed by atoms with E-state index in [1.807, 2.05) is 24.3 Å². The first kappa shape index (κ1) is 34.1. The Hall–Kier alpha value is -2.15. The van der Waals surface area contributed by atoms with Gasteiger partial charge in [-0.3, -0.25) is 42.5 Å². The molecule has 5 saturated heterocycles. The van der Waals surface area contributed by atoms with Crippen molar-refractivity contribution in [1.82, 2.24) is 42.5 Å². The first-order valence-electron chi connectivity index (χ1n) is 21.9. The molecule has 5 heterocycles. The molecule has 17 atom stereocenters. The van der Waals surface area contributed by atoms with Gasteiger partial charge in [0.25, 0.3) is 0 Å². The Morgan fingerprint density at radius 2 is 0.830 bits per heavy atom. The third-order valence-electron chi connectivity index (χ3n) is 16.1. The molecule has 0 spiro atoms. The molecule has 0 aromatic heterocycles. The lowest BCUT2D eigenvalue weighted by atomic mass is 9.75. The van der Waals surface area contributed by atoms with Crippen molar-refractivity contribution in [3.8, 4) is 0 Å². The molecule has 8 N–H and O–H groups in total. The Kier molecular flexibility index (Phi) is 9.08. The molecule has 53 heavy (non-hydrogen) atoms. The maximum atomic E-state index is 14.1. The summed E-state index contributed by atoms with van der Waals surface area (Å²) < 4.78 is 6.68. The minimum absolute atomic E-state index is 0.0454. The van der Waals surface area contributed by atoms with Crippen LogP contribution >= 0.6 is 0 Å². The lowest BCUT2D eigenvalue weighted by Gasteiger charge is -2.39. The van der Waals surface area contributed by atoms with Crippen LogP contribution in [-0.4, -0.2) is 61.4 Å². The van der Waals surface area contributed by atoms with Gasteiger partial charge in [-0.05, 0) is 116 Å². The van der Waals surface area contributed by atoms with Crippen LogP contribution < -0.4 is 42.5 Å². The molecule has 9 aliphatic rings. The van der Waals surface area contributed by atoms with Crippen LogP contribution in [0.25, 0.3) is 10.8 Å². The summed E-state index contributed by atoms with van der Waals surface area (Å²) in [6.07, 6.45) is 20.7. The van der Waals surface area contributed by atoms with Gasteiger partial charge in [-0.25, -0.2) is 4.79 Å². The van der Waals surface area contributed by atoms with Crippen molar-refractivity contribution in [3.05, 3.63) is 48.0 Å². The standard InChI is InChI=1S/C43H62N8O2/c52-43(31-20-9-12-23-11-1-2-13-24(23)31)53-33-22-10-21-32-34(33)42-50-40-30-19-8-7-18-29(30)38(48-40)46-36-26-15-4-3-14-25(26)35(44-36)45-37-27-16-5-6-17-28(27)39(47-37)49-41(32)51-42/h1-2,9,11-13,20,25-30,32-42,44-51H,3-8,10,14-19,21-22H2. The van der Waals surface area contributed by atoms with Gasteiger partial charge in [-0.15, -0.1) is 0 Å². The van der Waals surface area contributed by atoms with Crippen molar-refractivity contribution in [2.45, 2.75) is 152 Å². The maximum Gasteiger partial charge on any atom is 0.339 e. The van der Waals surface area contributed by atoms with E-state index < -0.39 is 0 Å². The molecule has 0 amide bonds. The molecule has 2 aromatic rings. The van der Waals surface area contributed by atoms with Crippen molar-refractivity contribution in [1.29, 1.82) is 0 Å². The number of benzene rings is 2. The molecule has 5 aliphatic heterocycles. The molecule has 9 fully saturated rings. The van der Waals surface area contributed by atoms with Crippen LogP contribution in [0.4, 0.5) is 0 Å². The number of carbonyl (C=O) groups excluding carboxylic acids is 1. The maximum absolute atomic E-state index is 14.1. The fourth-order valence-electron chi connectivity index (χ4n) is 13.7. The van der Waals surface area contributed by atoms with Gasteiger partial charge < -0.3 is 4.74 Å². The van der Waals surface area contributed by atoms with E-state index in [4.69, 9.17) is 4.74 Å². The molecule has 17 unspecified atom stereocenters. The Balaban J connectivity index is 0.928. The van der Waals surface area contributed by atoms with E-state index in [1.54, 1.807) is 0 Å². The van der Waals surface area contributed by atoms with Crippen LogP contribution in [0.5, 0.6) is 0 Å². The predicted octanol–water partition coefficient (Wildman–Crippen LogP) is 4.59. The third-order valence-corrected chi connectivity index (χ3v) is 16.1. The first-order chi connectivity index (χ1) is 26.2. The number of hydrogen-bond donors (Lipinski definition) is 8. The molecular formula is C43H62N8O2. The number of hydrogen-bond acceptors (Lipinski definition) is 10. The van der Waals surface area contributed by atoms with Gasteiger partial charge in [-0.2, -0.15) is 0 Å². The average Bonchev–Trinajstić information content (AvgIpc) is 3.94. The number of carbonyl (C=O) groups is 1. The zero-order chi connectivity index (χ0) is 35.0. The minimum atomic E-state index is -0.184. The summed E-state index contributed by atoms with van der Waals surface area (Å²) >= 11 is 0. The molecule has 0 radical (unpaired) electrons. The zero-order valence-corrected chi connectivity index (χ0v) is 31.3. The molecule has 4 saturated carbocycles. The van der Waals surface area contributed by atoms with Gasteiger partial charge in [0.2, 0.25) is 0 Å². The lowest BCUT2D eigenvalue weighted by molar-refractivity contribution is -0.0171. The van der Waals surface area contributed by atoms with Crippen molar-refractivity contribution >= 4 is 16.7 Å². The summed E-state index contributed by atoms with van der Waals surface area (Å²) in [6.45, 7) is 0. The first-order valence-corrected chi connectivity index (χ1v) is 21.9. The second-order valence-corrected chi connectivity index (χ2v) is 18.6. The molecule has 286 valence electrons. The Morgan fingerprint density at radius 3 is 1.32 bits per heavy atom. The Labute approximate surface area is 315 Å². The second kappa shape index (κ2) is 14.1. The molecule has 2 aromatic carbocycles. The van der Waals surface area contributed by atoms with Crippen LogP contribution in [0.3, 0.4) is 0 Å². The highest BCUT2D eigenvalue weighted by Crippen LogP contribution is 2.46. The monoisotopic (exact) mass is 722 g/mol. The predicted molar refractivity (Wildman–Crippen MR) is 206 cm³/mol. The van der Waals surface area contributed by atoms with E-state index in [0.29, 0.717) is 71.7 Å². The van der Waals surface area contributed by atoms with E-state index in [-0.39, 0.29) is 42.7 Å². The molecule has 4 aliphatic carbocycles. The fraction of sp³-hybridized carbons (Fsp3) is 0.744. The molecular weight excluding hydrogens is 661 g/mol. The molecule has 8 bridgehead atoms. The summed E-state index contributed by atoms with van der Waals surface area (Å²) in [5.74, 6) is 4.18. The molecule has 10 heteroatoms. The van der Waals surface area contributed by atoms with Crippen molar-refractivity contribution in [2.24, 2.45) is 47.3 Å². The van der Waals surface area contributed by atoms with Gasteiger partial charge >= 0.3 is 5.97 Å². The quantitative estimate of drug-likeness (QED) is 0.209. The summed E-state index contributed by atoms with van der Waals surface area (Å²) in [7, 11) is 0. The van der Waals surface area contributed by atoms with E-state index in [9.17, 15) is 4.79 Å². The topological polar surface area (TPSA) is 123 Å². The number of esters is 1. The second-order valence-electron chi connectivity index (χ2n) is 18.6. The minimum Gasteiger partial charge on any atom is -0.458 e. The van der Waals surface area contributed by atoms with Gasteiger partial charge in [0.05, 0.1) is 54.9 Å². The lowest BCUT2D eigenvalue weighted by Crippen LogP contribution is -2.62. The van der Waals surface area contributed by atoms with E-state index in [2.05, 4.69) is 60.7 Å². The van der Waals surface area contributed by atoms with Crippen LogP contribution in [0.2, 0.25) is 0 Å². The highest BCUT2D eigenvalue weighted by Gasteiger charge is 2.56. The summed E-state index contributed by atoms with van der Waals surface area (Å²) in [6, 6.07) is 14.2. The SMILES string of the molecule is O=C(OC1CCCC2C3NC4NC(NC5NC(NC6NC(NC(N3)C12)C1CCCCC61)C1CCCCC51)C1CCCCC41)c1cccc2ccccc12. The number of rotatable bonds is 2. The normalized spacial score (nSPS) is 47.7. The van der Waals surface area contributed by atoms with Gasteiger partial charge in [0.15, 0.2) is 0 Å². The van der Waals surface area contributed by atoms with Gasteiger partial charge in [-0.1, -0.05) is 74.9 Å². The van der Waals surface area contributed by atoms with Gasteiger partial charge in [0, 0.05) is 5.92 Å².